The highest BCUT2D eigenvalue weighted by Crippen LogP contribution is 2.15. The first-order valence-corrected chi connectivity index (χ1v) is 7.64. The summed E-state index contributed by atoms with van der Waals surface area (Å²) in [4.78, 5) is 24.3. The first-order valence-electron chi connectivity index (χ1n) is 7.64. The first-order chi connectivity index (χ1) is 11.7. The zero-order valence-electron chi connectivity index (χ0n) is 13.2. The normalized spacial score (nSPS) is 11.9. The van der Waals surface area contributed by atoms with Gasteiger partial charge >= 0.3 is 0 Å². The van der Waals surface area contributed by atoms with E-state index in [4.69, 9.17) is 4.52 Å². The summed E-state index contributed by atoms with van der Waals surface area (Å²) < 4.78 is 5.19. The van der Waals surface area contributed by atoms with Gasteiger partial charge in [0.1, 0.15) is 0 Å². The van der Waals surface area contributed by atoms with Crippen LogP contribution < -0.4 is 5.32 Å². The predicted octanol–water partition coefficient (Wildman–Crippen LogP) is 2.34. The quantitative estimate of drug-likeness (QED) is 0.748. The number of nitrogens with one attached hydrogen (secondary N) is 1. The molecule has 0 saturated carbocycles. The molecule has 24 heavy (non-hydrogen) atoms. The lowest BCUT2D eigenvalue weighted by Crippen LogP contribution is -2.26. The SMILES string of the molecule is CC(NC(=O)CCc1nc(-c2ccncc2)no1)c1cccnc1. The minimum absolute atomic E-state index is 0.0741. The van der Waals surface area contributed by atoms with Crippen LogP contribution in [0.4, 0.5) is 0 Å². The van der Waals surface area contributed by atoms with Gasteiger partial charge in [0.15, 0.2) is 0 Å². The molecule has 7 nitrogen and oxygen atoms in total. The highest BCUT2D eigenvalue weighted by molar-refractivity contribution is 5.76. The van der Waals surface area contributed by atoms with Crippen LogP contribution in [0, 0.1) is 0 Å². The number of rotatable bonds is 6. The summed E-state index contributed by atoms with van der Waals surface area (Å²) in [6.07, 6.45) is 7.45. The van der Waals surface area contributed by atoms with E-state index < -0.39 is 0 Å². The molecular weight excluding hydrogens is 306 g/mol. The van der Waals surface area contributed by atoms with E-state index in [0.29, 0.717) is 18.1 Å². The van der Waals surface area contributed by atoms with Gasteiger partial charge in [0.25, 0.3) is 0 Å². The summed E-state index contributed by atoms with van der Waals surface area (Å²) in [5.41, 5.74) is 1.79. The van der Waals surface area contributed by atoms with Crippen molar-refractivity contribution in [3.05, 3.63) is 60.5 Å². The minimum Gasteiger partial charge on any atom is -0.350 e. The highest BCUT2D eigenvalue weighted by Gasteiger charge is 2.13. The number of hydrogen-bond acceptors (Lipinski definition) is 6. The molecule has 7 heteroatoms. The second-order valence-corrected chi connectivity index (χ2v) is 5.32. The Balaban J connectivity index is 1.53. The molecule has 0 fully saturated rings. The van der Waals surface area contributed by atoms with E-state index in [-0.39, 0.29) is 18.4 Å². The third-order valence-electron chi connectivity index (χ3n) is 3.53. The van der Waals surface area contributed by atoms with Crippen LogP contribution in [0.5, 0.6) is 0 Å². The second-order valence-electron chi connectivity index (χ2n) is 5.32. The molecule has 0 bridgehead atoms. The molecule has 0 saturated heterocycles. The predicted molar refractivity (Wildman–Crippen MR) is 86.6 cm³/mol. The van der Waals surface area contributed by atoms with Crippen LogP contribution in [-0.2, 0) is 11.2 Å². The largest absolute Gasteiger partial charge is 0.350 e. The third kappa shape index (κ3) is 4.01. The summed E-state index contributed by atoms with van der Waals surface area (Å²) in [5.74, 6) is 0.859. The zero-order valence-corrected chi connectivity index (χ0v) is 13.2. The monoisotopic (exact) mass is 323 g/mol. The van der Waals surface area contributed by atoms with Gasteiger partial charge in [-0.1, -0.05) is 11.2 Å². The molecule has 3 heterocycles. The van der Waals surface area contributed by atoms with Crippen LogP contribution in [0.25, 0.3) is 11.4 Å². The van der Waals surface area contributed by atoms with E-state index in [9.17, 15) is 4.79 Å². The lowest BCUT2D eigenvalue weighted by atomic mass is 10.1. The first kappa shape index (κ1) is 15.8. The fourth-order valence-corrected chi connectivity index (χ4v) is 2.22. The zero-order chi connectivity index (χ0) is 16.8. The van der Waals surface area contributed by atoms with Crippen LogP contribution in [0.2, 0.25) is 0 Å². The molecule has 1 atom stereocenters. The Hall–Kier alpha value is -3.09. The number of amides is 1. The topological polar surface area (TPSA) is 93.8 Å². The number of hydrogen-bond donors (Lipinski definition) is 1. The number of nitrogens with zero attached hydrogens (tertiary/aromatic N) is 4. The summed E-state index contributed by atoms with van der Waals surface area (Å²) in [6, 6.07) is 7.28. The smallest absolute Gasteiger partial charge is 0.227 e. The van der Waals surface area contributed by atoms with Crippen molar-refractivity contribution >= 4 is 5.91 Å². The molecule has 1 amide bonds. The van der Waals surface area contributed by atoms with Gasteiger partial charge in [0.2, 0.25) is 17.6 Å². The van der Waals surface area contributed by atoms with Crippen molar-refractivity contribution in [3.63, 3.8) is 0 Å². The highest BCUT2D eigenvalue weighted by atomic mass is 16.5. The third-order valence-corrected chi connectivity index (χ3v) is 3.53. The van der Waals surface area contributed by atoms with Crippen molar-refractivity contribution in [3.8, 4) is 11.4 Å². The Morgan fingerprint density at radius 2 is 2.04 bits per heavy atom. The van der Waals surface area contributed by atoms with Crippen LogP contribution >= 0.6 is 0 Å². The number of aromatic nitrogens is 4. The average Bonchev–Trinajstić information content (AvgIpc) is 3.10. The van der Waals surface area contributed by atoms with Crippen molar-refractivity contribution in [1.29, 1.82) is 0 Å². The van der Waals surface area contributed by atoms with Crippen LogP contribution in [0.3, 0.4) is 0 Å². The summed E-state index contributed by atoms with van der Waals surface area (Å²) >= 11 is 0. The summed E-state index contributed by atoms with van der Waals surface area (Å²) in [7, 11) is 0. The second kappa shape index (κ2) is 7.45. The molecule has 0 aliphatic heterocycles. The van der Waals surface area contributed by atoms with Gasteiger partial charge in [-0.3, -0.25) is 14.8 Å². The molecule has 122 valence electrons. The fourth-order valence-electron chi connectivity index (χ4n) is 2.22. The van der Waals surface area contributed by atoms with Crippen LogP contribution in [-0.4, -0.2) is 26.0 Å². The van der Waals surface area contributed by atoms with Crippen molar-refractivity contribution in [2.24, 2.45) is 0 Å². The summed E-state index contributed by atoms with van der Waals surface area (Å²) in [5, 5.41) is 6.85. The Kier molecular flexibility index (Phi) is 4.90. The molecule has 3 rings (SSSR count). The molecular formula is C17H17N5O2. The number of carbonyl (C=O) groups excluding carboxylic acids is 1. The fraction of sp³-hybridized carbons (Fsp3) is 0.235. The Morgan fingerprint density at radius 3 is 2.79 bits per heavy atom. The maximum Gasteiger partial charge on any atom is 0.227 e. The van der Waals surface area contributed by atoms with Crippen molar-refractivity contribution in [1.82, 2.24) is 25.4 Å². The maximum atomic E-state index is 12.0. The molecule has 1 unspecified atom stereocenters. The van der Waals surface area contributed by atoms with E-state index >= 15 is 0 Å². The Labute approximate surface area is 139 Å². The standard InChI is InChI=1S/C17H17N5O2/c1-12(14-3-2-8-19-11-14)20-15(23)4-5-16-21-17(22-24-16)13-6-9-18-10-7-13/h2-3,6-12H,4-5H2,1H3,(H,20,23). The van der Waals surface area contributed by atoms with Crippen molar-refractivity contribution < 1.29 is 9.32 Å². The molecule has 0 aliphatic carbocycles. The van der Waals surface area contributed by atoms with Crippen molar-refractivity contribution in [2.75, 3.05) is 0 Å². The van der Waals surface area contributed by atoms with E-state index in [1.165, 1.54) is 0 Å². The Bertz CT molecular complexity index is 789. The van der Waals surface area contributed by atoms with E-state index in [1.54, 1.807) is 36.9 Å². The maximum absolute atomic E-state index is 12.0. The van der Waals surface area contributed by atoms with Crippen molar-refractivity contribution in [2.45, 2.75) is 25.8 Å². The van der Waals surface area contributed by atoms with Gasteiger partial charge in [-0.15, -0.1) is 0 Å². The van der Waals surface area contributed by atoms with E-state index in [0.717, 1.165) is 11.1 Å². The number of carbonyl (C=O) groups is 1. The molecule has 0 aliphatic rings. The lowest BCUT2D eigenvalue weighted by Gasteiger charge is -2.13. The van der Waals surface area contributed by atoms with Crippen LogP contribution in [0.1, 0.15) is 30.8 Å². The molecule has 3 aromatic heterocycles. The van der Waals surface area contributed by atoms with Gasteiger partial charge in [-0.25, -0.2) is 0 Å². The molecule has 0 spiro atoms. The van der Waals surface area contributed by atoms with E-state index in [1.807, 2.05) is 19.1 Å². The lowest BCUT2D eigenvalue weighted by molar-refractivity contribution is -0.121. The van der Waals surface area contributed by atoms with Gasteiger partial charge < -0.3 is 9.84 Å². The number of aryl methyl sites for hydroxylation is 1. The van der Waals surface area contributed by atoms with Gasteiger partial charge in [0, 0.05) is 43.2 Å². The minimum atomic E-state index is -0.0961. The molecule has 1 N–H and O–H groups in total. The van der Waals surface area contributed by atoms with Crippen LogP contribution in [0.15, 0.2) is 53.6 Å². The number of pyridine rings is 2. The Morgan fingerprint density at radius 1 is 1.21 bits per heavy atom. The average molecular weight is 323 g/mol. The van der Waals surface area contributed by atoms with Gasteiger partial charge in [-0.05, 0) is 30.7 Å². The van der Waals surface area contributed by atoms with Gasteiger partial charge in [0.05, 0.1) is 6.04 Å². The van der Waals surface area contributed by atoms with Gasteiger partial charge in [-0.2, -0.15) is 4.98 Å². The van der Waals surface area contributed by atoms with E-state index in [2.05, 4.69) is 25.4 Å². The summed E-state index contributed by atoms with van der Waals surface area (Å²) in [6.45, 7) is 1.92. The molecule has 3 aromatic rings. The molecule has 0 aromatic carbocycles. The molecule has 0 radical (unpaired) electrons.